The van der Waals surface area contributed by atoms with Gasteiger partial charge >= 0.3 is 5.97 Å². The van der Waals surface area contributed by atoms with E-state index in [1.165, 1.54) is 0 Å². The quantitative estimate of drug-likeness (QED) is 0.670. The van der Waals surface area contributed by atoms with Gasteiger partial charge in [0.15, 0.2) is 12.4 Å². The Hall–Kier alpha value is -2.96. The van der Waals surface area contributed by atoms with E-state index in [1.807, 2.05) is 29.1 Å². The third-order valence-corrected chi connectivity index (χ3v) is 2.99. The zero-order valence-electron chi connectivity index (χ0n) is 12.0. The molecule has 0 unspecified atom stereocenters. The Labute approximate surface area is 126 Å². The minimum absolute atomic E-state index is 0.0330. The van der Waals surface area contributed by atoms with Crippen LogP contribution in [0.25, 0.3) is 0 Å². The maximum atomic E-state index is 11.9. The van der Waals surface area contributed by atoms with Gasteiger partial charge in [0.05, 0.1) is 12.1 Å². The van der Waals surface area contributed by atoms with Gasteiger partial charge in [-0.15, -0.1) is 0 Å². The maximum Gasteiger partial charge on any atom is 0.338 e. The standard InChI is InChI=1S/C15H14N4O3/c1-11-17-14(22-18-11)10-21-15(20)13-5-3-12(4-6-13)9-19-8-2-7-16-19/h2-8H,9-10H2,1H3. The molecule has 2 aromatic heterocycles. The smallest absolute Gasteiger partial charge is 0.338 e. The highest BCUT2D eigenvalue weighted by Gasteiger charge is 2.10. The Kier molecular flexibility index (Phi) is 3.95. The van der Waals surface area contributed by atoms with Crippen LogP contribution in [-0.4, -0.2) is 25.9 Å². The summed E-state index contributed by atoms with van der Waals surface area (Å²) in [6.07, 6.45) is 3.61. The summed E-state index contributed by atoms with van der Waals surface area (Å²) < 4.78 is 11.8. The summed E-state index contributed by atoms with van der Waals surface area (Å²) in [7, 11) is 0. The fourth-order valence-electron chi connectivity index (χ4n) is 1.94. The number of carbonyl (C=O) groups excluding carboxylic acids is 1. The van der Waals surface area contributed by atoms with Gasteiger partial charge in [-0.2, -0.15) is 10.1 Å². The van der Waals surface area contributed by atoms with E-state index in [0.29, 0.717) is 17.9 Å². The average molecular weight is 298 g/mol. The monoisotopic (exact) mass is 298 g/mol. The number of aromatic nitrogens is 4. The molecule has 0 aliphatic heterocycles. The van der Waals surface area contributed by atoms with Gasteiger partial charge in [0.2, 0.25) is 0 Å². The molecule has 1 aromatic carbocycles. The number of benzene rings is 1. The lowest BCUT2D eigenvalue weighted by atomic mass is 10.1. The predicted octanol–water partition coefficient (Wildman–Crippen LogP) is 1.98. The summed E-state index contributed by atoms with van der Waals surface area (Å²) in [5, 5.41) is 7.76. The summed E-state index contributed by atoms with van der Waals surface area (Å²) in [5.41, 5.74) is 1.52. The average Bonchev–Trinajstić information content (AvgIpc) is 3.17. The lowest BCUT2D eigenvalue weighted by Gasteiger charge is -2.04. The second kappa shape index (κ2) is 6.21. The molecule has 0 amide bonds. The molecular weight excluding hydrogens is 284 g/mol. The van der Waals surface area contributed by atoms with Crippen LogP contribution in [0.1, 0.15) is 27.6 Å². The number of hydrogen-bond donors (Lipinski definition) is 0. The third kappa shape index (κ3) is 3.38. The first kappa shape index (κ1) is 14.0. The molecule has 2 heterocycles. The molecule has 0 saturated carbocycles. The Morgan fingerprint density at radius 1 is 1.32 bits per heavy atom. The summed E-state index contributed by atoms with van der Waals surface area (Å²) in [6, 6.07) is 9.05. The van der Waals surface area contributed by atoms with Crippen LogP contribution in [0.5, 0.6) is 0 Å². The SMILES string of the molecule is Cc1noc(COC(=O)c2ccc(Cn3cccn3)cc2)n1. The largest absolute Gasteiger partial charge is 0.452 e. The van der Waals surface area contributed by atoms with E-state index >= 15 is 0 Å². The van der Waals surface area contributed by atoms with Crippen LogP contribution >= 0.6 is 0 Å². The fourth-order valence-corrected chi connectivity index (χ4v) is 1.94. The molecule has 112 valence electrons. The van der Waals surface area contributed by atoms with Crippen molar-refractivity contribution in [2.45, 2.75) is 20.1 Å². The van der Waals surface area contributed by atoms with Gasteiger partial charge < -0.3 is 9.26 Å². The zero-order chi connectivity index (χ0) is 15.4. The van der Waals surface area contributed by atoms with Crippen molar-refractivity contribution in [1.82, 2.24) is 19.9 Å². The van der Waals surface area contributed by atoms with Crippen molar-refractivity contribution in [3.05, 3.63) is 65.6 Å². The van der Waals surface area contributed by atoms with Crippen molar-refractivity contribution in [3.8, 4) is 0 Å². The van der Waals surface area contributed by atoms with Crippen LogP contribution in [0, 0.1) is 6.92 Å². The van der Waals surface area contributed by atoms with Crippen molar-refractivity contribution in [3.63, 3.8) is 0 Å². The van der Waals surface area contributed by atoms with Gasteiger partial charge in [0.25, 0.3) is 5.89 Å². The van der Waals surface area contributed by atoms with Gasteiger partial charge in [0.1, 0.15) is 0 Å². The first-order chi connectivity index (χ1) is 10.7. The molecule has 0 bridgehead atoms. The molecule has 0 radical (unpaired) electrons. The van der Waals surface area contributed by atoms with E-state index in [4.69, 9.17) is 9.26 Å². The first-order valence-electron chi connectivity index (χ1n) is 6.73. The number of aryl methyl sites for hydroxylation is 1. The van der Waals surface area contributed by atoms with Gasteiger partial charge in [-0.05, 0) is 30.7 Å². The number of esters is 1. The van der Waals surface area contributed by atoms with Crippen molar-refractivity contribution in [2.24, 2.45) is 0 Å². The predicted molar refractivity (Wildman–Crippen MR) is 75.9 cm³/mol. The molecule has 7 nitrogen and oxygen atoms in total. The number of ether oxygens (including phenoxy) is 1. The molecule has 0 atom stereocenters. The second-order valence-corrected chi connectivity index (χ2v) is 4.71. The van der Waals surface area contributed by atoms with E-state index in [2.05, 4.69) is 15.2 Å². The molecule has 0 N–H and O–H groups in total. The molecule has 0 saturated heterocycles. The number of rotatable bonds is 5. The van der Waals surface area contributed by atoms with Crippen molar-refractivity contribution in [2.75, 3.05) is 0 Å². The molecule has 0 aliphatic rings. The lowest BCUT2D eigenvalue weighted by Crippen LogP contribution is -2.06. The topological polar surface area (TPSA) is 83.0 Å². The number of carbonyl (C=O) groups is 1. The molecule has 22 heavy (non-hydrogen) atoms. The van der Waals surface area contributed by atoms with Crippen molar-refractivity contribution < 1.29 is 14.1 Å². The third-order valence-electron chi connectivity index (χ3n) is 2.99. The fraction of sp³-hybridized carbons (Fsp3) is 0.200. The highest BCUT2D eigenvalue weighted by atomic mass is 16.6. The summed E-state index contributed by atoms with van der Waals surface area (Å²) in [6.45, 7) is 2.32. The van der Waals surface area contributed by atoms with E-state index in [0.717, 1.165) is 5.56 Å². The van der Waals surface area contributed by atoms with Crippen LogP contribution in [0.3, 0.4) is 0 Å². The normalized spacial score (nSPS) is 10.6. The van der Waals surface area contributed by atoms with Crippen LogP contribution < -0.4 is 0 Å². The van der Waals surface area contributed by atoms with Crippen molar-refractivity contribution >= 4 is 5.97 Å². The van der Waals surface area contributed by atoms with E-state index in [1.54, 1.807) is 25.3 Å². The molecule has 0 fully saturated rings. The first-order valence-corrected chi connectivity index (χ1v) is 6.73. The van der Waals surface area contributed by atoms with Gasteiger partial charge in [-0.25, -0.2) is 4.79 Å². The molecule has 0 aliphatic carbocycles. The summed E-state index contributed by atoms with van der Waals surface area (Å²) in [4.78, 5) is 15.9. The van der Waals surface area contributed by atoms with E-state index in [9.17, 15) is 4.79 Å². The Bertz CT molecular complexity index is 747. The van der Waals surface area contributed by atoms with Gasteiger partial charge in [0, 0.05) is 12.4 Å². The van der Waals surface area contributed by atoms with Crippen LogP contribution in [0.2, 0.25) is 0 Å². The summed E-state index contributed by atoms with van der Waals surface area (Å²) >= 11 is 0. The minimum Gasteiger partial charge on any atom is -0.452 e. The number of hydrogen-bond acceptors (Lipinski definition) is 6. The minimum atomic E-state index is -0.429. The maximum absolute atomic E-state index is 11.9. The molecule has 0 spiro atoms. The molecule has 7 heteroatoms. The lowest BCUT2D eigenvalue weighted by molar-refractivity contribution is 0.0430. The summed E-state index contributed by atoms with van der Waals surface area (Å²) in [5.74, 6) is 0.358. The highest BCUT2D eigenvalue weighted by Crippen LogP contribution is 2.09. The molecule has 3 aromatic rings. The van der Waals surface area contributed by atoms with Crippen LogP contribution in [0.15, 0.2) is 47.2 Å². The number of nitrogens with zero attached hydrogens (tertiary/aromatic N) is 4. The zero-order valence-corrected chi connectivity index (χ0v) is 12.0. The highest BCUT2D eigenvalue weighted by molar-refractivity contribution is 5.89. The Balaban J connectivity index is 1.58. The van der Waals surface area contributed by atoms with Crippen molar-refractivity contribution in [1.29, 1.82) is 0 Å². The molecular formula is C15H14N4O3. The van der Waals surface area contributed by atoms with E-state index in [-0.39, 0.29) is 12.5 Å². The Morgan fingerprint density at radius 2 is 2.14 bits per heavy atom. The van der Waals surface area contributed by atoms with Crippen LogP contribution in [0.4, 0.5) is 0 Å². The van der Waals surface area contributed by atoms with E-state index < -0.39 is 5.97 Å². The van der Waals surface area contributed by atoms with Gasteiger partial charge in [-0.3, -0.25) is 4.68 Å². The Morgan fingerprint density at radius 3 is 2.77 bits per heavy atom. The second-order valence-electron chi connectivity index (χ2n) is 4.71. The van der Waals surface area contributed by atoms with Gasteiger partial charge in [-0.1, -0.05) is 17.3 Å². The molecule has 3 rings (SSSR count). The van der Waals surface area contributed by atoms with Crippen LogP contribution in [-0.2, 0) is 17.9 Å².